The van der Waals surface area contributed by atoms with Gasteiger partial charge in [0, 0.05) is 24.3 Å². The summed E-state index contributed by atoms with van der Waals surface area (Å²) in [6.45, 7) is 9.19. The minimum Gasteiger partial charge on any atom is -0.481 e. The van der Waals surface area contributed by atoms with Crippen LogP contribution in [0.15, 0.2) is 53.4 Å². The zero-order chi connectivity index (χ0) is 31.6. The molecule has 11 heteroatoms. The fourth-order valence-electron chi connectivity index (χ4n) is 5.51. The Kier molecular flexibility index (Phi) is 12.1. The fraction of sp³-hybridized carbons (Fsp3) is 0.531. The van der Waals surface area contributed by atoms with E-state index >= 15 is 0 Å². The average molecular weight is 615 g/mol. The molecule has 0 aromatic heterocycles. The van der Waals surface area contributed by atoms with Gasteiger partial charge in [-0.2, -0.15) is 0 Å². The van der Waals surface area contributed by atoms with E-state index in [1.165, 1.54) is 12.1 Å². The topological polar surface area (TPSA) is 154 Å². The summed E-state index contributed by atoms with van der Waals surface area (Å²) in [5, 5.41) is 17.4. The first-order chi connectivity index (χ1) is 20.3. The highest BCUT2D eigenvalue weighted by Crippen LogP contribution is 2.43. The largest absolute Gasteiger partial charge is 0.481 e. The molecule has 2 aromatic rings. The number of carbonyl (C=O) groups is 3. The number of carboxylic acids is 1. The predicted molar refractivity (Wildman–Crippen MR) is 167 cm³/mol. The number of urea groups is 1. The summed E-state index contributed by atoms with van der Waals surface area (Å²) in [6.07, 6.45) is 5.48. The highest BCUT2D eigenvalue weighted by molar-refractivity contribution is 7.89. The van der Waals surface area contributed by atoms with Crippen molar-refractivity contribution in [3.8, 4) is 0 Å². The second-order valence-electron chi connectivity index (χ2n) is 12.4. The van der Waals surface area contributed by atoms with E-state index in [1.54, 1.807) is 24.3 Å². The third kappa shape index (κ3) is 10.4. The molecule has 1 aliphatic rings. The van der Waals surface area contributed by atoms with Crippen molar-refractivity contribution in [2.24, 2.45) is 17.3 Å². The fourth-order valence-corrected chi connectivity index (χ4v) is 6.59. The molecule has 1 atom stereocenters. The quantitative estimate of drug-likeness (QED) is 0.183. The number of carboxylic acid groups (broad SMARTS) is 1. The van der Waals surface area contributed by atoms with Gasteiger partial charge in [0.05, 0.1) is 17.4 Å². The number of rotatable bonds is 13. The summed E-state index contributed by atoms with van der Waals surface area (Å²) >= 11 is 0. The number of amides is 3. The Labute approximate surface area is 255 Å². The first-order valence-corrected chi connectivity index (χ1v) is 16.6. The van der Waals surface area contributed by atoms with Crippen LogP contribution in [-0.2, 0) is 14.8 Å². The molecule has 0 heterocycles. The van der Waals surface area contributed by atoms with Crippen LogP contribution in [0.2, 0.25) is 0 Å². The first-order valence-electron chi connectivity index (χ1n) is 15.1. The second-order valence-corrected chi connectivity index (χ2v) is 14.1. The highest BCUT2D eigenvalue weighted by Gasteiger charge is 2.34. The molecule has 2 aromatic carbocycles. The van der Waals surface area contributed by atoms with Crippen molar-refractivity contribution in [3.63, 3.8) is 0 Å². The molecule has 0 aliphatic heterocycles. The smallest absolute Gasteiger partial charge is 0.319 e. The van der Waals surface area contributed by atoms with Crippen molar-refractivity contribution in [2.75, 3.05) is 18.4 Å². The molecule has 0 spiro atoms. The normalized spacial score (nSPS) is 18.0. The van der Waals surface area contributed by atoms with Crippen LogP contribution < -0.4 is 20.7 Å². The van der Waals surface area contributed by atoms with Gasteiger partial charge >= 0.3 is 12.0 Å². The van der Waals surface area contributed by atoms with Crippen LogP contribution in [0.4, 0.5) is 10.5 Å². The molecule has 3 amide bonds. The van der Waals surface area contributed by atoms with E-state index in [1.807, 2.05) is 19.1 Å². The molecule has 0 radical (unpaired) electrons. The number of anilines is 1. The van der Waals surface area contributed by atoms with E-state index in [4.69, 9.17) is 5.11 Å². The molecule has 10 nitrogen and oxygen atoms in total. The molecule has 1 unspecified atom stereocenters. The van der Waals surface area contributed by atoms with Crippen LogP contribution in [0.3, 0.4) is 0 Å². The monoisotopic (exact) mass is 614 g/mol. The second kappa shape index (κ2) is 15.3. The van der Waals surface area contributed by atoms with Gasteiger partial charge in [0.2, 0.25) is 10.0 Å². The Morgan fingerprint density at radius 1 is 0.930 bits per heavy atom. The molecule has 3 rings (SSSR count). The Hall–Kier alpha value is -3.44. The van der Waals surface area contributed by atoms with Gasteiger partial charge in [0.25, 0.3) is 5.91 Å². The Morgan fingerprint density at radius 2 is 1.56 bits per heavy atom. The van der Waals surface area contributed by atoms with E-state index < -0.39 is 22.0 Å². The van der Waals surface area contributed by atoms with Crippen molar-refractivity contribution in [2.45, 2.75) is 83.6 Å². The number of hydrogen-bond acceptors (Lipinski definition) is 5. The third-order valence-electron chi connectivity index (χ3n) is 8.16. The number of hydrogen-bond donors (Lipinski definition) is 5. The van der Waals surface area contributed by atoms with Gasteiger partial charge < -0.3 is 21.1 Å². The standard InChI is InChI=1S/C32H46N4O6S/c1-5-6-20-34-43(41,42)27-17-15-26(16-18-27)35-31(40)36-29(23-11-13-25(14-12-23)32(2,3)4)22-7-9-24(10-8-22)30(39)33-21-19-28(37)38/h7-10,15-18,23,25,29,34H,5-6,11-14,19-21H2,1-4H3,(H,33,39)(H,37,38)(H2,35,36,40). The molecule has 0 saturated heterocycles. The lowest BCUT2D eigenvalue weighted by atomic mass is 9.68. The number of sulfonamides is 1. The van der Waals surface area contributed by atoms with Crippen molar-refractivity contribution in [1.82, 2.24) is 15.4 Å². The lowest BCUT2D eigenvalue weighted by molar-refractivity contribution is -0.136. The van der Waals surface area contributed by atoms with Crippen molar-refractivity contribution in [3.05, 3.63) is 59.7 Å². The van der Waals surface area contributed by atoms with Crippen LogP contribution in [0.1, 0.15) is 94.6 Å². The van der Waals surface area contributed by atoms with Crippen molar-refractivity contribution >= 4 is 33.6 Å². The Bertz CT molecular complexity index is 1330. The van der Waals surface area contributed by atoms with Crippen LogP contribution in [0, 0.1) is 17.3 Å². The van der Waals surface area contributed by atoms with Gasteiger partial charge in [0.15, 0.2) is 0 Å². The molecule has 1 saturated carbocycles. The maximum absolute atomic E-state index is 13.2. The van der Waals surface area contributed by atoms with Crippen LogP contribution in [0.25, 0.3) is 0 Å². The predicted octanol–water partition coefficient (Wildman–Crippen LogP) is 5.68. The molecule has 43 heavy (non-hydrogen) atoms. The van der Waals surface area contributed by atoms with E-state index in [-0.39, 0.29) is 41.1 Å². The van der Waals surface area contributed by atoms with Crippen molar-refractivity contribution < 1.29 is 27.9 Å². The molecule has 1 aliphatic carbocycles. The summed E-state index contributed by atoms with van der Waals surface area (Å²) in [4.78, 5) is 36.5. The zero-order valence-electron chi connectivity index (χ0n) is 25.6. The van der Waals surface area contributed by atoms with E-state index in [0.29, 0.717) is 23.7 Å². The summed E-state index contributed by atoms with van der Waals surface area (Å²) in [5.74, 6) is -0.543. The number of carbonyl (C=O) groups excluding carboxylic acids is 2. The molecule has 5 N–H and O–H groups in total. The highest BCUT2D eigenvalue weighted by atomic mass is 32.2. The molecular weight excluding hydrogens is 568 g/mol. The van der Waals surface area contributed by atoms with Crippen LogP contribution in [0.5, 0.6) is 0 Å². The maximum atomic E-state index is 13.2. The Morgan fingerprint density at radius 3 is 2.12 bits per heavy atom. The maximum Gasteiger partial charge on any atom is 0.319 e. The SMILES string of the molecule is CCCCNS(=O)(=O)c1ccc(NC(=O)NC(c2ccc(C(=O)NCCC(=O)O)cc2)C2CCC(C(C)(C)C)CC2)cc1. The zero-order valence-corrected chi connectivity index (χ0v) is 26.4. The van der Waals surface area contributed by atoms with Gasteiger partial charge in [0.1, 0.15) is 0 Å². The van der Waals surface area contributed by atoms with Gasteiger partial charge in [-0.1, -0.05) is 46.2 Å². The van der Waals surface area contributed by atoms with Crippen molar-refractivity contribution in [1.29, 1.82) is 0 Å². The van der Waals surface area contributed by atoms with Gasteiger partial charge in [-0.05, 0) is 91.3 Å². The van der Waals surface area contributed by atoms with E-state index in [9.17, 15) is 22.8 Å². The average Bonchev–Trinajstić information content (AvgIpc) is 2.96. The number of benzene rings is 2. The van der Waals surface area contributed by atoms with Crippen LogP contribution in [-0.4, -0.2) is 44.5 Å². The minimum atomic E-state index is -3.61. The van der Waals surface area contributed by atoms with E-state index in [0.717, 1.165) is 44.1 Å². The lowest BCUT2D eigenvalue weighted by Crippen LogP contribution is -2.38. The number of nitrogens with one attached hydrogen (secondary N) is 4. The third-order valence-corrected chi connectivity index (χ3v) is 9.63. The number of aliphatic carboxylic acids is 1. The summed E-state index contributed by atoms with van der Waals surface area (Å²) in [7, 11) is -3.61. The van der Waals surface area contributed by atoms with Gasteiger partial charge in [-0.3, -0.25) is 9.59 Å². The van der Waals surface area contributed by atoms with Crippen LogP contribution >= 0.6 is 0 Å². The Balaban J connectivity index is 1.72. The summed E-state index contributed by atoms with van der Waals surface area (Å²) in [6, 6.07) is 12.4. The molecule has 236 valence electrons. The molecule has 0 bridgehead atoms. The summed E-state index contributed by atoms with van der Waals surface area (Å²) < 4.78 is 27.6. The molecule has 1 fully saturated rings. The van der Waals surface area contributed by atoms with Gasteiger partial charge in [-0.25, -0.2) is 17.9 Å². The number of unbranched alkanes of at least 4 members (excludes halogenated alkanes) is 1. The molecular formula is C32H46N4O6S. The summed E-state index contributed by atoms with van der Waals surface area (Å²) in [5.41, 5.74) is 1.96. The van der Waals surface area contributed by atoms with Gasteiger partial charge in [-0.15, -0.1) is 0 Å². The lowest BCUT2D eigenvalue weighted by Gasteiger charge is -2.39. The van der Waals surface area contributed by atoms with E-state index in [2.05, 4.69) is 41.4 Å². The minimum absolute atomic E-state index is 0.0412. The first kappa shape index (κ1) is 34.1.